The van der Waals surface area contributed by atoms with E-state index >= 15 is 0 Å². The Morgan fingerprint density at radius 2 is 1.50 bits per heavy atom. The molecular weight excluding hydrogens is 519 g/mol. The second-order valence-corrected chi connectivity index (χ2v) is 8.11. The van der Waals surface area contributed by atoms with Crippen LogP contribution < -0.4 is 29.0 Å². The van der Waals surface area contributed by atoms with Crippen LogP contribution in [0.2, 0.25) is 5.02 Å². The van der Waals surface area contributed by atoms with E-state index in [-0.39, 0.29) is 16.7 Å². The fraction of sp³-hybridized carbons (Fsp3) is 0.192. The highest BCUT2D eigenvalue weighted by Crippen LogP contribution is 2.41. The van der Waals surface area contributed by atoms with E-state index in [0.29, 0.717) is 45.7 Å². The Balaban J connectivity index is 1.82. The number of aromatic nitrogens is 3. The van der Waals surface area contributed by atoms with Crippen molar-refractivity contribution in [2.24, 2.45) is 0 Å². The third kappa shape index (κ3) is 5.14. The van der Waals surface area contributed by atoms with E-state index in [9.17, 15) is 9.18 Å². The van der Waals surface area contributed by atoms with Crippen LogP contribution in [0.3, 0.4) is 0 Å². The maximum atomic E-state index is 13.9. The van der Waals surface area contributed by atoms with Gasteiger partial charge in [0, 0.05) is 17.3 Å². The number of ether oxygens (including phenoxy) is 5. The highest BCUT2D eigenvalue weighted by molar-refractivity contribution is 6.30. The molecule has 4 rings (SSSR count). The second kappa shape index (κ2) is 11.3. The third-order valence-corrected chi connectivity index (χ3v) is 5.81. The summed E-state index contributed by atoms with van der Waals surface area (Å²) in [5.41, 5.74) is 1.29. The predicted molar refractivity (Wildman–Crippen MR) is 139 cm³/mol. The van der Waals surface area contributed by atoms with Crippen molar-refractivity contribution in [3.63, 3.8) is 0 Å². The minimum absolute atomic E-state index is 0.120. The first-order valence-electron chi connectivity index (χ1n) is 11.1. The number of carbonyl (C=O) groups is 1. The Bertz CT molecular complexity index is 1470. The van der Waals surface area contributed by atoms with Gasteiger partial charge in [-0.3, -0.25) is 4.79 Å². The molecule has 4 aromatic rings. The van der Waals surface area contributed by atoms with Crippen molar-refractivity contribution in [1.82, 2.24) is 14.8 Å². The second-order valence-electron chi connectivity index (χ2n) is 7.71. The van der Waals surface area contributed by atoms with Gasteiger partial charge in [-0.15, -0.1) is 5.10 Å². The van der Waals surface area contributed by atoms with E-state index in [2.05, 4.69) is 15.4 Å². The standard InChI is InChI=1S/C26H24ClFN4O6/c1-34-19-9-6-15(12-20(19)35-2)29-26(33)24-30-25(32(31-24)16-7-8-18(28)17(27)13-16)14-10-21(36-3)23(38-5)22(11-14)37-4/h6-13H,1-5H3,(H,29,33). The lowest BCUT2D eigenvalue weighted by atomic mass is 10.1. The summed E-state index contributed by atoms with van der Waals surface area (Å²) in [4.78, 5) is 17.7. The summed E-state index contributed by atoms with van der Waals surface area (Å²) < 4.78 is 42.1. The number of methoxy groups -OCH3 is 5. The van der Waals surface area contributed by atoms with Gasteiger partial charge in [-0.2, -0.15) is 0 Å². The van der Waals surface area contributed by atoms with E-state index in [4.69, 9.17) is 35.3 Å². The summed E-state index contributed by atoms with van der Waals surface area (Å²) in [5.74, 6) is 0.923. The van der Waals surface area contributed by atoms with Crippen LogP contribution in [0.25, 0.3) is 17.1 Å². The Morgan fingerprint density at radius 3 is 2.08 bits per heavy atom. The molecule has 0 saturated carbocycles. The monoisotopic (exact) mass is 542 g/mol. The van der Waals surface area contributed by atoms with Crippen LogP contribution in [0.4, 0.5) is 10.1 Å². The van der Waals surface area contributed by atoms with Crippen molar-refractivity contribution in [2.75, 3.05) is 40.9 Å². The van der Waals surface area contributed by atoms with Crippen LogP contribution >= 0.6 is 11.6 Å². The molecule has 0 unspecified atom stereocenters. The van der Waals surface area contributed by atoms with Gasteiger partial charge in [0.25, 0.3) is 5.91 Å². The fourth-order valence-corrected chi connectivity index (χ4v) is 3.88. The molecule has 3 aromatic carbocycles. The molecule has 1 amide bonds. The number of nitrogens with zero attached hydrogens (tertiary/aromatic N) is 3. The Morgan fingerprint density at radius 1 is 0.842 bits per heavy atom. The van der Waals surface area contributed by atoms with Crippen molar-refractivity contribution >= 4 is 23.2 Å². The predicted octanol–water partition coefficient (Wildman–Crippen LogP) is 5.02. The topological polar surface area (TPSA) is 106 Å². The average Bonchev–Trinajstić information content (AvgIpc) is 3.39. The molecule has 0 atom stereocenters. The molecule has 1 N–H and O–H groups in total. The van der Waals surface area contributed by atoms with Gasteiger partial charge < -0.3 is 29.0 Å². The first kappa shape index (κ1) is 26.6. The van der Waals surface area contributed by atoms with Crippen molar-refractivity contribution in [3.05, 3.63) is 65.2 Å². The molecule has 10 nitrogen and oxygen atoms in total. The number of anilines is 1. The third-order valence-electron chi connectivity index (χ3n) is 5.52. The maximum Gasteiger partial charge on any atom is 0.295 e. The normalized spacial score (nSPS) is 10.6. The number of benzene rings is 3. The summed E-state index contributed by atoms with van der Waals surface area (Å²) in [7, 11) is 7.45. The van der Waals surface area contributed by atoms with E-state index in [0.717, 1.165) is 0 Å². The van der Waals surface area contributed by atoms with Crippen molar-refractivity contribution in [1.29, 1.82) is 0 Å². The summed E-state index contributed by atoms with van der Waals surface area (Å²) in [6.07, 6.45) is 0. The van der Waals surface area contributed by atoms with E-state index in [1.54, 1.807) is 30.3 Å². The zero-order chi connectivity index (χ0) is 27.4. The van der Waals surface area contributed by atoms with E-state index < -0.39 is 11.7 Å². The number of nitrogens with one attached hydrogen (secondary N) is 1. The van der Waals surface area contributed by atoms with Crippen molar-refractivity contribution in [2.45, 2.75) is 0 Å². The molecule has 1 aromatic heterocycles. The molecule has 38 heavy (non-hydrogen) atoms. The van der Waals surface area contributed by atoms with Crippen molar-refractivity contribution in [3.8, 4) is 45.8 Å². The molecule has 1 heterocycles. The Hall–Kier alpha value is -4.51. The number of rotatable bonds is 9. The van der Waals surface area contributed by atoms with Crippen LogP contribution in [0, 0.1) is 5.82 Å². The van der Waals surface area contributed by atoms with Gasteiger partial charge in [-0.25, -0.2) is 14.1 Å². The SMILES string of the molecule is COc1ccc(NC(=O)c2nc(-c3cc(OC)c(OC)c(OC)c3)n(-c3ccc(F)c(Cl)c3)n2)cc1OC. The molecular formula is C26H24ClFN4O6. The first-order valence-corrected chi connectivity index (χ1v) is 11.5. The first-order chi connectivity index (χ1) is 18.3. The number of hydrogen-bond donors (Lipinski definition) is 1. The van der Waals surface area contributed by atoms with Gasteiger partial charge in [0.2, 0.25) is 11.6 Å². The van der Waals surface area contributed by atoms with Crippen LogP contribution in [0.5, 0.6) is 28.7 Å². The lowest BCUT2D eigenvalue weighted by Crippen LogP contribution is -2.14. The Kier molecular flexibility index (Phi) is 7.87. The van der Waals surface area contributed by atoms with Crippen molar-refractivity contribution < 1.29 is 32.9 Å². The molecule has 198 valence electrons. The average molecular weight is 543 g/mol. The molecule has 0 aliphatic carbocycles. The molecule has 0 saturated heterocycles. The van der Waals surface area contributed by atoms with E-state index in [1.165, 1.54) is 58.4 Å². The largest absolute Gasteiger partial charge is 0.493 e. The molecule has 0 bridgehead atoms. The molecule has 0 spiro atoms. The molecule has 0 radical (unpaired) electrons. The quantitative estimate of drug-likeness (QED) is 0.314. The van der Waals surface area contributed by atoms with Gasteiger partial charge in [-0.1, -0.05) is 11.6 Å². The summed E-state index contributed by atoms with van der Waals surface area (Å²) >= 11 is 6.03. The highest BCUT2D eigenvalue weighted by Gasteiger charge is 2.23. The summed E-state index contributed by atoms with van der Waals surface area (Å²) in [6.45, 7) is 0. The molecule has 0 aliphatic heterocycles. The Labute approximate surface area is 222 Å². The van der Waals surface area contributed by atoms with E-state index in [1.807, 2.05) is 0 Å². The maximum absolute atomic E-state index is 13.9. The summed E-state index contributed by atoms with van der Waals surface area (Å²) in [6, 6.07) is 12.3. The number of hydrogen-bond acceptors (Lipinski definition) is 8. The number of amides is 1. The smallest absolute Gasteiger partial charge is 0.295 e. The van der Waals surface area contributed by atoms with Crippen LogP contribution in [0.1, 0.15) is 10.6 Å². The molecule has 12 heteroatoms. The molecule has 0 aliphatic rings. The van der Waals surface area contributed by atoms with Gasteiger partial charge in [-0.05, 0) is 42.5 Å². The van der Waals surface area contributed by atoms with Crippen LogP contribution in [-0.4, -0.2) is 56.2 Å². The van der Waals surface area contributed by atoms with Crippen LogP contribution in [-0.2, 0) is 0 Å². The molecule has 0 fully saturated rings. The zero-order valence-corrected chi connectivity index (χ0v) is 21.9. The lowest BCUT2D eigenvalue weighted by Gasteiger charge is -2.14. The number of halogens is 2. The van der Waals surface area contributed by atoms with Gasteiger partial charge in [0.15, 0.2) is 28.8 Å². The number of carbonyl (C=O) groups excluding carboxylic acids is 1. The fourth-order valence-electron chi connectivity index (χ4n) is 3.70. The minimum Gasteiger partial charge on any atom is -0.493 e. The lowest BCUT2D eigenvalue weighted by molar-refractivity contribution is 0.101. The van der Waals surface area contributed by atoms with Gasteiger partial charge in [0.1, 0.15) is 5.82 Å². The van der Waals surface area contributed by atoms with Gasteiger partial charge in [0.05, 0.1) is 46.3 Å². The zero-order valence-electron chi connectivity index (χ0n) is 21.2. The summed E-state index contributed by atoms with van der Waals surface area (Å²) in [5, 5.41) is 7.02. The highest BCUT2D eigenvalue weighted by atomic mass is 35.5. The van der Waals surface area contributed by atoms with Crippen LogP contribution in [0.15, 0.2) is 48.5 Å². The minimum atomic E-state index is -0.601. The van der Waals surface area contributed by atoms with Gasteiger partial charge >= 0.3 is 0 Å².